The molecule has 0 rings (SSSR count). The minimum absolute atomic E-state index is 0.0819. The maximum Gasteiger partial charge on any atom is 0.236 e. The quantitative estimate of drug-likeness (QED) is 0.606. The average molecular weight is 216 g/mol. The summed E-state index contributed by atoms with van der Waals surface area (Å²) >= 11 is 0. The lowest BCUT2D eigenvalue weighted by molar-refractivity contribution is -0.123. The third kappa shape index (κ3) is 6.47. The zero-order valence-corrected chi connectivity index (χ0v) is 10.4. The molecule has 0 saturated heterocycles. The molecule has 1 amide bonds. The van der Waals surface area contributed by atoms with Gasteiger partial charge in [-0.25, -0.2) is 0 Å². The van der Waals surface area contributed by atoms with Gasteiger partial charge in [0.1, 0.15) is 0 Å². The fourth-order valence-electron chi connectivity index (χ4n) is 1.51. The largest absolute Gasteiger partial charge is 0.388 e. The summed E-state index contributed by atoms with van der Waals surface area (Å²) in [5, 5.41) is 15.5. The van der Waals surface area contributed by atoms with Gasteiger partial charge >= 0.3 is 0 Å². The topological polar surface area (TPSA) is 61.4 Å². The number of hydrogen-bond acceptors (Lipinski definition) is 3. The molecule has 0 saturated carbocycles. The molecule has 2 atom stereocenters. The van der Waals surface area contributed by atoms with E-state index in [4.69, 9.17) is 0 Å². The zero-order valence-electron chi connectivity index (χ0n) is 10.4. The lowest BCUT2D eigenvalue weighted by Crippen LogP contribution is -2.47. The second kappa shape index (κ2) is 6.08. The minimum Gasteiger partial charge on any atom is -0.388 e. The first-order valence-electron chi connectivity index (χ1n) is 5.46. The van der Waals surface area contributed by atoms with Crippen molar-refractivity contribution in [2.45, 2.75) is 45.8 Å². The van der Waals surface area contributed by atoms with Crippen molar-refractivity contribution in [1.82, 2.24) is 10.6 Å². The van der Waals surface area contributed by atoms with E-state index in [0.29, 0.717) is 18.9 Å². The van der Waals surface area contributed by atoms with Crippen LogP contribution >= 0.6 is 0 Å². The van der Waals surface area contributed by atoms with Crippen LogP contribution in [-0.2, 0) is 4.79 Å². The summed E-state index contributed by atoms with van der Waals surface area (Å²) in [5.74, 6) is 0.333. The van der Waals surface area contributed by atoms with Crippen molar-refractivity contribution >= 4 is 5.91 Å². The van der Waals surface area contributed by atoms with Crippen LogP contribution < -0.4 is 10.6 Å². The van der Waals surface area contributed by atoms with Crippen molar-refractivity contribution < 1.29 is 9.90 Å². The molecule has 0 aliphatic carbocycles. The molecule has 0 radical (unpaired) electrons. The Labute approximate surface area is 92.4 Å². The van der Waals surface area contributed by atoms with Crippen molar-refractivity contribution in [3.8, 4) is 0 Å². The Morgan fingerprint density at radius 1 is 1.40 bits per heavy atom. The molecule has 0 bridgehead atoms. The third-order valence-corrected chi connectivity index (χ3v) is 2.32. The Morgan fingerprint density at radius 2 is 1.93 bits per heavy atom. The molecule has 0 aromatic rings. The Bertz CT molecular complexity index is 203. The maximum atomic E-state index is 11.4. The molecule has 90 valence electrons. The van der Waals surface area contributed by atoms with Crippen molar-refractivity contribution in [3.05, 3.63) is 0 Å². The van der Waals surface area contributed by atoms with Gasteiger partial charge in [0.2, 0.25) is 5.91 Å². The second-order valence-corrected chi connectivity index (χ2v) is 4.82. The lowest BCUT2D eigenvalue weighted by Gasteiger charge is -2.26. The van der Waals surface area contributed by atoms with E-state index < -0.39 is 5.60 Å². The Hall–Kier alpha value is -0.610. The molecule has 0 aliphatic heterocycles. The standard InChI is InChI=1S/C11H24N2O2/c1-8(2)6-11(4,15)7-13-10(14)9(3)12-5/h8-9,12,15H,6-7H2,1-5H3,(H,13,14). The van der Waals surface area contributed by atoms with Gasteiger partial charge in [0, 0.05) is 6.54 Å². The number of carbonyl (C=O) groups excluding carboxylic acids is 1. The van der Waals surface area contributed by atoms with Crippen LogP contribution in [0, 0.1) is 5.92 Å². The van der Waals surface area contributed by atoms with Crippen LogP contribution in [0.25, 0.3) is 0 Å². The fraction of sp³-hybridized carbons (Fsp3) is 0.909. The first-order chi connectivity index (χ1) is 6.78. The van der Waals surface area contributed by atoms with Gasteiger partial charge < -0.3 is 15.7 Å². The summed E-state index contributed by atoms with van der Waals surface area (Å²) in [4.78, 5) is 11.4. The molecule has 0 aromatic carbocycles. The fourth-order valence-corrected chi connectivity index (χ4v) is 1.51. The zero-order chi connectivity index (χ0) is 12.1. The molecule has 2 unspecified atom stereocenters. The number of likely N-dealkylation sites (N-methyl/N-ethyl adjacent to an activating group) is 1. The smallest absolute Gasteiger partial charge is 0.236 e. The van der Waals surface area contributed by atoms with Crippen molar-refractivity contribution in [2.75, 3.05) is 13.6 Å². The van der Waals surface area contributed by atoms with Gasteiger partial charge in [0.05, 0.1) is 11.6 Å². The molecule has 0 aliphatic rings. The van der Waals surface area contributed by atoms with Crippen LogP contribution in [0.15, 0.2) is 0 Å². The summed E-state index contributed by atoms with van der Waals surface area (Å²) in [7, 11) is 1.73. The van der Waals surface area contributed by atoms with E-state index in [1.807, 2.05) is 13.8 Å². The van der Waals surface area contributed by atoms with Gasteiger partial charge in [-0.05, 0) is 33.2 Å². The Morgan fingerprint density at radius 3 is 2.33 bits per heavy atom. The first kappa shape index (κ1) is 14.4. The molecular formula is C11H24N2O2. The normalized spacial score (nSPS) is 17.3. The summed E-state index contributed by atoms with van der Waals surface area (Å²) in [6.45, 7) is 7.93. The Balaban J connectivity index is 3.98. The van der Waals surface area contributed by atoms with Crippen molar-refractivity contribution in [1.29, 1.82) is 0 Å². The molecule has 4 heteroatoms. The van der Waals surface area contributed by atoms with Crippen molar-refractivity contribution in [2.24, 2.45) is 5.92 Å². The van der Waals surface area contributed by atoms with Crippen LogP contribution in [0.3, 0.4) is 0 Å². The highest BCUT2D eigenvalue weighted by atomic mass is 16.3. The monoisotopic (exact) mass is 216 g/mol. The SMILES string of the molecule is CNC(C)C(=O)NCC(C)(O)CC(C)C. The highest BCUT2D eigenvalue weighted by molar-refractivity contribution is 5.81. The maximum absolute atomic E-state index is 11.4. The van der Waals surface area contributed by atoms with Crippen LogP contribution in [0.2, 0.25) is 0 Å². The van der Waals surface area contributed by atoms with E-state index >= 15 is 0 Å². The summed E-state index contributed by atoms with van der Waals surface area (Å²) < 4.78 is 0. The van der Waals surface area contributed by atoms with E-state index in [1.165, 1.54) is 0 Å². The number of hydrogen-bond donors (Lipinski definition) is 3. The Kier molecular flexibility index (Phi) is 5.83. The van der Waals surface area contributed by atoms with E-state index in [9.17, 15) is 9.90 Å². The van der Waals surface area contributed by atoms with Crippen LogP contribution in [-0.4, -0.2) is 36.2 Å². The molecule has 0 spiro atoms. The molecular weight excluding hydrogens is 192 g/mol. The average Bonchev–Trinajstić information content (AvgIpc) is 2.11. The highest BCUT2D eigenvalue weighted by Gasteiger charge is 2.23. The molecule has 3 N–H and O–H groups in total. The van der Waals surface area contributed by atoms with E-state index in [1.54, 1.807) is 20.9 Å². The van der Waals surface area contributed by atoms with E-state index in [0.717, 1.165) is 0 Å². The third-order valence-electron chi connectivity index (χ3n) is 2.32. The predicted molar refractivity (Wildman–Crippen MR) is 61.6 cm³/mol. The van der Waals surface area contributed by atoms with E-state index in [2.05, 4.69) is 10.6 Å². The number of amides is 1. The first-order valence-corrected chi connectivity index (χ1v) is 5.46. The van der Waals surface area contributed by atoms with Gasteiger partial charge in [-0.15, -0.1) is 0 Å². The van der Waals surface area contributed by atoms with Crippen molar-refractivity contribution in [3.63, 3.8) is 0 Å². The summed E-state index contributed by atoms with van der Waals surface area (Å²) in [6, 6.07) is -0.222. The van der Waals surface area contributed by atoms with Gasteiger partial charge in [0.15, 0.2) is 0 Å². The summed E-state index contributed by atoms with van der Waals surface area (Å²) in [6.07, 6.45) is 0.682. The number of rotatable bonds is 6. The number of nitrogens with one attached hydrogen (secondary N) is 2. The van der Waals surface area contributed by atoms with Gasteiger partial charge in [-0.3, -0.25) is 4.79 Å². The molecule has 0 heterocycles. The van der Waals surface area contributed by atoms with Gasteiger partial charge in [-0.2, -0.15) is 0 Å². The van der Waals surface area contributed by atoms with Gasteiger partial charge in [-0.1, -0.05) is 13.8 Å². The number of carbonyl (C=O) groups is 1. The highest BCUT2D eigenvalue weighted by Crippen LogP contribution is 2.14. The van der Waals surface area contributed by atoms with E-state index in [-0.39, 0.29) is 11.9 Å². The minimum atomic E-state index is -0.822. The molecule has 0 fully saturated rings. The molecule has 15 heavy (non-hydrogen) atoms. The van der Waals surface area contributed by atoms with Crippen LogP contribution in [0.1, 0.15) is 34.1 Å². The van der Waals surface area contributed by atoms with Crippen LogP contribution in [0.5, 0.6) is 0 Å². The predicted octanol–water partition coefficient (Wildman–Crippen LogP) is 0.508. The summed E-state index contributed by atoms with van der Waals surface area (Å²) in [5.41, 5.74) is -0.822. The van der Waals surface area contributed by atoms with Gasteiger partial charge in [0.25, 0.3) is 0 Å². The number of aliphatic hydroxyl groups is 1. The molecule has 4 nitrogen and oxygen atoms in total. The second-order valence-electron chi connectivity index (χ2n) is 4.82. The lowest BCUT2D eigenvalue weighted by atomic mass is 9.94. The molecule has 0 aromatic heterocycles. The van der Waals surface area contributed by atoms with Crippen LogP contribution in [0.4, 0.5) is 0 Å².